The number of hydrogen-bond acceptors (Lipinski definition) is 3. The minimum absolute atomic E-state index is 0.172. The highest BCUT2D eigenvalue weighted by Gasteiger charge is 2.37. The van der Waals surface area contributed by atoms with Crippen molar-refractivity contribution in [1.29, 1.82) is 0 Å². The average Bonchev–Trinajstić information content (AvgIpc) is 2.32. The van der Waals surface area contributed by atoms with E-state index in [2.05, 4.69) is 5.32 Å². The van der Waals surface area contributed by atoms with Crippen molar-refractivity contribution in [1.82, 2.24) is 5.32 Å². The Kier molecular flexibility index (Phi) is 4.07. The number of nitrogens with one attached hydrogen (secondary N) is 1. The van der Waals surface area contributed by atoms with E-state index in [1.54, 1.807) is 0 Å². The molecule has 1 aliphatic rings. The van der Waals surface area contributed by atoms with E-state index in [9.17, 15) is 17.6 Å². The van der Waals surface area contributed by atoms with Gasteiger partial charge >= 0.3 is 0 Å². The van der Waals surface area contributed by atoms with Crippen LogP contribution < -0.4 is 5.32 Å². The summed E-state index contributed by atoms with van der Waals surface area (Å²) >= 11 is 0. The molecule has 0 aromatic heterocycles. The molecular weight excluding hydrogens is 305 g/mol. The van der Waals surface area contributed by atoms with Gasteiger partial charge in [0.15, 0.2) is 0 Å². The van der Waals surface area contributed by atoms with Crippen molar-refractivity contribution in [2.75, 3.05) is 0 Å². The van der Waals surface area contributed by atoms with Crippen molar-refractivity contribution in [2.24, 2.45) is 0 Å². The van der Waals surface area contributed by atoms with Crippen molar-refractivity contribution in [3.8, 4) is 0 Å². The number of halogens is 2. The van der Waals surface area contributed by atoms with E-state index in [0.29, 0.717) is 0 Å². The number of carbonyl (C=O) groups is 1. The Morgan fingerprint density at radius 3 is 2.50 bits per heavy atom. The molecule has 0 bridgehead atoms. The number of carbonyl (C=O) groups excluding carboxylic acids is 1. The van der Waals surface area contributed by atoms with Gasteiger partial charge in [0.2, 0.25) is 0 Å². The second kappa shape index (κ2) is 5.33. The molecule has 0 unspecified atom stereocenters. The van der Waals surface area contributed by atoms with Gasteiger partial charge in [-0.2, -0.15) is 0 Å². The maximum atomic E-state index is 13.8. The summed E-state index contributed by atoms with van der Waals surface area (Å²) in [6, 6.07) is 3.03. The molecule has 7 heteroatoms. The molecule has 1 saturated carbocycles. The van der Waals surface area contributed by atoms with Gasteiger partial charge in [-0.1, -0.05) is 6.92 Å². The molecule has 2 rings (SSSR count). The second-order valence-corrected chi connectivity index (χ2v) is 7.59. The van der Waals surface area contributed by atoms with Crippen LogP contribution in [0.1, 0.15) is 43.0 Å². The van der Waals surface area contributed by atoms with E-state index in [-0.39, 0.29) is 16.0 Å². The molecule has 0 heterocycles. The van der Waals surface area contributed by atoms with Gasteiger partial charge in [-0.15, -0.1) is 0 Å². The average molecular weight is 320 g/mol. The van der Waals surface area contributed by atoms with E-state index in [1.165, 1.54) is 0 Å². The second-order valence-electron chi connectivity index (χ2n) is 5.02. The summed E-state index contributed by atoms with van der Waals surface area (Å²) in [6.07, 6.45) is 3.59. The van der Waals surface area contributed by atoms with Crippen LogP contribution in [-0.2, 0) is 9.05 Å². The van der Waals surface area contributed by atoms with Crippen molar-refractivity contribution in [3.63, 3.8) is 0 Å². The predicted octanol–water partition coefficient (Wildman–Crippen LogP) is 2.82. The Morgan fingerprint density at radius 2 is 2.10 bits per heavy atom. The first kappa shape index (κ1) is 15.3. The fraction of sp³-hybridized carbons (Fsp3) is 0.462. The van der Waals surface area contributed by atoms with Crippen molar-refractivity contribution < 1.29 is 17.6 Å². The van der Waals surface area contributed by atoms with Crippen LogP contribution in [0.5, 0.6) is 0 Å². The normalized spacial score (nSPS) is 17.4. The molecule has 1 aromatic carbocycles. The van der Waals surface area contributed by atoms with Crippen molar-refractivity contribution in [3.05, 3.63) is 29.6 Å². The number of hydrogen-bond donors (Lipinski definition) is 1. The van der Waals surface area contributed by atoms with Gasteiger partial charge in [-0.05, 0) is 43.9 Å². The van der Waals surface area contributed by atoms with E-state index < -0.39 is 20.8 Å². The van der Waals surface area contributed by atoms with Crippen LogP contribution in [0.4, 0.5) is 4.39 Å². The fourth-order valence-corrected chi connectivity index (χ4v) is 3.07. The first-order chi connectivity index (χ1) is 9.27. The standard InChI is InChI=1S/C13H15ClFNO3S/c1-2-13(6-3-7-13)16-12(17)10-5-4-9(8-11(10)15)20(14,18)19/h4-5,8H,2-3,6-7H2,1H3,(H,16,17). The molecule has 0 radical (unpaired) electrons. The summed E-state index contributed by atoms with van der Waals surface area (Å²) in [5.74, 6) is -1.42. The number of benzene rings is 1. The molecule has 20 heavy (non-hydrogen) atoms. The predicted molar refractivity (Wildman–Crippen MR) is 73.8 cm³/mol. The topological polar surface area (TPSA) is 63.2 Å². The SMILES string of the molecule is CCC1(NC(=O)c2ccc(S(=O)(=O)Cl)cc2F)CCC1. The summed E-state index contributed by atoms with van der Waals surface area (Å²) in [5, 5.41) is 2.83. The van der Waals surface area contributed by atoms with Gasteiger partial charge in [0.1, 0.15) is 5.82 Å². The fourth-order valence-electron chi connectivity index (χ4n) is 2.31. The number of amides is 1. The van der Waals surface area contributed by atoms with E-state index in [1.807, 2.05) is 6.92 Å². The Labute approximate surface area is 121 Å². The summed E-state index contributed by atoms with van der Waals surface area (Å²) in [5.41, 5.74) is -0.422. The molecule has 0 aliphatic heterocycles. The zero-order valence-electron chi connectivity index (χ0n) is 10.9. The van der Waals surface area contributed by atoms with E-state index >= 15 is 0 Å². The lowest BCUT2D eigenvalue weighted by Crippen LogP contribution is -2.53. The molecule has 0 atom stereocenters. The Hall–Kier alpha value is -1.14. The Morgan fingerprint density at radius 1 is 1.45 bits per heavy atom. The molecule has 0 spiro atoms. The van der Waals surface area contributed by atoms with Gasteiger partial charge in [0, 0.05) is 16.2 Å². The molecule has 1 aliphatic carbocycles. The van der Waals surface area contributed by atoms with Crippen LogP contribution in [0, 0.1) is 5.82 Å². The van der Waals surface area contributed by atoms with Crippen LogP contribution in [0.3, 0.4) is 0 Å². The molecule has 4 nitrogen and oxygen atoms in total. The lowest BCUT2D eigenvalue weighted by molar-refractivity contribution is 0.0816. The summed E-state index contributed by atoms with van der Waals surface area (Å²) in [6.45, 7) is 1.97. The third-order valence-electron chi connectivity index (χ3n) is 3.83. The highest BCUT2D eigenvalue weighted by molar-refractivity contribution is 8.13. The highest BCUT2D eigenvalue weighted by atomic mass is 35.7. The van der Waals surface area contributed by atoms with Crippen LogP contribution in [-0.4, -0.2) is 19.9 Å². The molecule has 110 valence electrons. The molecule has 0 saturated heterocycles. The van der Waals surface area contributed by atoms with Crippen LogP contribution in [0.25, 0.3) is 0 Å². The van der Waals surface area contributed by atoms with Gasteiger partial charge < -0.3 is 5.32 Å². The van der Waals surface area contributed by atoms with Crippen LogP contribution in [0.2, 0.25) is 0 Å². The lowest BCUT2D eigenvalue weighted by atomic mass is 9.74. The highest BCUT2D eigenvalue weighted by Crippen LogP contribution is 2.35. The van der Waals surface area contributed by atoms with E-state index in [4.69, 9.17) is 10.7 Å². The zero-order chi connectivity index (χ0) is 15.0. The minimum Gasteiger partial charge on any atom is -0.347 e. The van der Waals surface area contributed by atoms with Gasteiger partial charge in [-0.3, -0.25) is 4.79 Å². The van der Waals surface area contributed by atoms with Crippen LogP contribution >= 0.6 is 10.7 Å². The summed E-state index contributed by atoms with van der Waals surface area (Å²) in [7, 11) is 1.13. The quantitative estimate of drug-likeness (QED) is 0.868. The van der Waals surface area contributed by atoms with Crippen LogP contribution in [0.15, 0.2) is 23.1 Å². The zero-order valence-corrected chi connectivity index (χ0v) is 12.5. The maximum absolute atomic E-state index is 13.8. The molecule has 1 amide bonds. The monoisotopic (exact) mass is 319 g/mol. The third kappa shape index (κ3) is 2.96. The molecule has 1 aromatic rings. The van der Waals surface area contributed by atoms with Gasteiger partial charge in [0.25, 0.3) is 15.0 Å². The first-order valence-electron chi connectivity index (χ1n) is 6.34. The minimum atomic E-state index is -4.00. The van der Waals surface area contributed by atoms with E-state index in [0.717, 1.165) is 43.9 Å². The Balaban J connectivity index is 2.23. The summed E-state index contributed by atoms with van der Waals surface area (Å²) < 4.78 is 36.0. The van der Waals surface area contributed by atoms with Crippen molar-refractivity contribution >= 4 is 25.6 Å². The van der Waals surface area contributed by atoms with Gasteiger partial charge in [-0.25, -0.2) is 12.8 Å². The maximum Gasteiger partial charge on any atom is 0.261 e. The van der Waals surface area contributed by atoms with Crippen molar-refractivity contribution in [2.45, 2.75) is 43.0 Å². The summed E-state index contributed by atoms with van der Waals surface area (Å²) in [4.78, 5) is 11.7. The largest absolute Gasteiger partial charge is 0.347 e. The molecule has 1 fully saturated rings. The van der Waals surface area contributed by atoms with Gasteiger partial charge in [0.05, 0.1) is 10.5 Å². The molecular formula is C13H15ClFNO3S. The third-order valence-corrected chi connectivity index (χ3v) is 5.18. The first-order valence-corrected chi connectivity index (χ1v) is 8.65. The number of rotatable bonds is 4. The lowest BCUT2D eigenvalue weighted by Gasteiger charge is -2.42. The Bertz CT molecular complexity index is 636. The smallest absolute Gasteiger partial charge is 0.261 e. The molecule has 1 N–H and O–H groups in total.